The second-order valence-corrected chi connectivity index (χ2v) is 12.7. The van der Waals surface area contributed by atoms with Gasteiger partial charge in [-0.25, -0.2) is 23.4 Å². The molecule has 1 saturated carbocycles. The minimum atomic E-state index is -4.63. The van der Waals surface area contributed by atoms with Crippen LogP contribution in [-0.2, 0) is 16.3 Å². The molecule has 1 saturated heterocycles. The molecular weight excluding hydrogens is 599 g/mol. The van der Waals surface area contributed by atoms with E-state index in [0.29, 0.717) is 54.6 Å². The number of aliphatic hydroxyl groups is 1. The molecule has 2 aliphatic rings. The van der Waals surface area contributed by atoms with Gasteiger partial charge in [-0.15, -0.1) is 13.2 Å². The molecule has 4 aromatic heterocycles. The maximum absolute atomic E-state index is 13.0. The van der Waals surface area contributed by atoms with Crippen molar-refractivity contribution in [2.24, 2.45) is 5.92 Å². The van der Waals surface area contributed by atoms with Crippen molar-refractivity contribution in [1.82, 2.24) is 33.9 Å². The van der Waals surface area contributed by atoms with Gasteiger partial charge in [0.15, 0.2) is 5.82 Å². The van der Waals surface area contributed by atoms with E-state index in [-0.39, 0.29) is 22.7 Å². The van der Waals surface area contributed by atoms with Crippen LogP contribution in [-0.4, -0.2) is 72.4 Å². The van der Waals surface area contributed by atoms with Gasteiger partial charge in [-0.1, -0.05) is 11.8 Å². The molecule has 2 fully saturated rings. The summed E-state index contributed by atoms with van der Waals surface area (Å²) in [5, 5.41) is 19.4. The Bertz CT molecular complexity index is 1820. The van der Waals surface area contributed by atoms with Crippen LogP contribution in [0, 0.1) is 17.8 Å². The number of aliphatic hydroxyl groups excluding tert-OH is 1. The molecule has 1 aliphatic carbocycles. The molecule has 0 aromatic carbocycles. The van der Waals surface area contributed by atoms with Crippen LogP contribution in [0.3, 0.4) is 0 Å². The maximum atomic E-state index is 13.0. The van der Waals surface area contributed by atoms with Crippen molar-refractivity contribution >= 4 is 27.3 Å². The lowest BCUT2D eigenvalue weighted by Crippen LogP contribution is -2.34. The van der Waals surface area contributed by atoms with E-state index in [4.69, 9.17) is 0 Å². The highest BCUT2D eigenvalue weighted by Crippen LogP contribution is 2.32. The third-order valence-electron chi connectivity index (χ3n) is 7.49. The Hall–Kier alpha value is -4.49. The van der Waals surface area contributed by atoms with Crippen LogP contribution in [0.25, 0.3) is 11.4 Å². The third kappa shape index (κ3) is 6.53. The van der Waals surface area contributed by atoms with Gasteiger partial charge in [0, 0.05) is 44.4 Å². The first-order chi connectivity index (χ1) is 21.1. The average molecular weight is 628 g/mol. The number of halogens is 3. The Morgan fingerprint density at radius 1 is 1.00 bits per heavy atom. The molecule has 2 N–H and O–H groups in total. The fraction of sp³-hybridized carbons (Fsp3) is 0.393. The van der Waals surface area contributed by atoms with Gasteiger partial charge < -0.3 is 15.3 Å². The van der Waals surface area contributed by atoms with E-state index in [0.717, 1.165) is 41.4 Å². The molecule has 16 heteroatoms. The Labute approximate surface area is 251 Å². The summed E-state index contributed by atoms with van der Waals surface area (Å²) in [7, 11) is -3.52. The summed E-state index contributed by atoms with van der Waals surface area (Å²) in [5.74, 6) is 7.24. The van der Waals surface area contributed by atoms with Crippen LogP contribution in [0.1, 0.15) is 43.2 Å². The number of aromatic nitrogens is 7. The van der Waals surface area contributed by atoms with Crippen molar-refractivity contribution in [1.29, 1.82) is 0 Å². The molecule has 1 aliphatic heterocycles. The lowest BCUT2D eigenvalue weighted by atomic mass is 9.93. The first-order valence-electron chi connectivity index (χ1n) is 14.0. The Morgan fingerprint density at radius 2 is 1.80 bits per heavy atom. The highest BCUT2D eigenvalue weighted by Gasteiger charge is 2.37. The van der Waals surface area contributed by atoms with Crippen molar-refractivity contribution in [3.63, 3.8) is 0 Å². The van der Waals surface area contributed by atoms with E-state index in [9.17, 15) is 26.7 Å². The largest absolute Gasteiger partial charge is 0.504 e. The number of hydrogen-bond donors (Lipinski definition) is 2. The van der Waals surface area contributed by atoms with Gasteiger partial charge in [-0.05, 0) is 44.1 Å². The number of piperidine rings is 1. The van der Waals surface area contributed by atoms with Gasteiger partial charge in [0.2, 0.25) is 0 Å². The van der Waals surface area contributed by atoms with Gasteiger partial charge in [0.05, 0.1) is 46.2 Å². The van der Waals surface area contributed by atoms with Crippen LogP contribution >= 0.6 is 0 Å². The van der Waals surface area contributed by atoms with E-state index < -0.39 is 21.6 Å². The number of anilines is 3. The molecule has 0 radical (unpaired) electrons. The van der Waals surface area contributed by atoms with Crippen molar-refractivity contribution < 1.29 is 26.7 Å². The lowest BCUT2D eigenvalue weighted by molar-refractivity contribution is -0.212. The highest BCUT2D eigenvalue weighted by atomic mass is 32.2. The van der Waals surface area contributed by atoms with Crippen molar-refractivity contribution in [3.8, 4) is 23.2 Å². The van der Waals surface area contributed by atoms with Crippen molar-refractivity contribution in [2.75, 3.05) is 29.9 Å². The van der Waals surface area contributed by atoms with Crippen LogP contribution in [0.15, 0.2) is 49.3 Å². The highest BCUT2D eigenvalue weighted by molar-refractivity contribution is 7.90. The van der Waals surface area contributed by atoms with E-state index in [1.165, 1.54) is 18.6 Å². The molecule has 6 rings (SSSR count). The molecule has 0 amide bonds. The van der Waals surface area contributed by atoms with E-state index in [2.05, 4.69) is 47.2 Å². The summed E-state index contributed by atoms with van der Waals surface area (Å²) in [6.07, 6.45) is 6.85. The Kier molecular flexibility index (Phi) is 7.99. The summed E-state index contributed by atoms with van der Waals surface area (Å²) in [6.45, 7) is 1.55. The van der Waals surface area contributed by atoms with E-state index >= 15 is 0 Å². The normalized spacial score (nSPS) is 16.0. The number of rotatable bonds is 8. The molecule has 0 unspecified atom stereocenters. The minimum absolute atomic E-state index is 0.0951. The van der Waals surface area contributed by atoms with Gasteiger partial charge >= 0.3 is 6.30 Å². The first-order valence-corrected chi connectivity index (χ1v) is 15.5. The Balaban J connectivity index is 1.26. The van der Waals surface area contributed by atoms with Gasteiger partial charge in [0.1, 0.15) is 11.6 Å². The molecule has 230 valence electrons. The zero-order chi connectivity index (χ0) is 30.9. The van der Waals surface area contributed by atoms with E-state index in [1.54, 1.807) is 18.3 Å². The van der Waals surface area contributed by atoms with Crippen LogP contribution in [0.5, 0.6) is 0 Å². The smallest absolute Gasteiger partial charge is 0.396 e. The molecular formula is C28H28F3N9O3S. The average Bonchev–Trinajstić information content (AvgIpc) is 3.54. The minimum Gasteiger partial charge on any atom is -0.396 e. The lowest BCUT2D eigenvalue weighted by Gasteiger charge is -2.34. The second-order valence-electron chi connectivity index (χ2n) is 10.7. The predicted molar refractivity (Wildman–Crippen MR) is 154 cm³/mol. The second kappa shape index (κ2) is 11.9. The van der Waals surface area contributed by atoms with Crippen LogP contribution in [0.4, 0.5) is 30.5 Å². The van der Waals surface area contributed by atoms with E-state index in [1.807, 2.05) is 0 Å². The summed E-state index contributed by atoms with van der Waals surface area (Å²) in [5.41, 5.74) is 1.83. The van der Waals surface area contributed by atoms with Crippen LogP contribution < -0.4 is 10.2 Å². The molecule has 0 spiro atoms. The topological polar surface area (TPSA) is 144 Å². The quantitative estimate of drug-likeness (QED) is 0.279. The molecule has 4 aromatic rings. The first kappa shape index (κ1) is 29.6. The van der Waals surface area contributed by atoms with Gasteiger partial charge in [-0.2, -0.15) is 19.0 Å². The maximum Gasteiger partial charge on any atom is 0.504 e. The third-order valence-corrected chi connectivity index (χ3v) is 9.53. The molecule has 44 heavy (non-hydrogen) atoms. The number of nitrogens with zero attached hydrogens (tertiary/aromatic N) is 8. The zero-order valence-corrected chi connectivity index (χ0v) is 24.1. The summed E-state index contributed by atoms with van der Waals surface area (Å²) >= 11 is 0. The molecule has 0 bridgehead atoms. The number of nitrogens with one attached hydrogen (secondary N) is 1. The zero-order valence-electron chi connectivity index (χ0n) is 23.3. The van der Waals surface area contributed by atoms with Crippen LogP contribution in [0.2, 0.25) is 0 Å². The molecule has 5 heterocycles. The SMILES string of the molecule is O=S(=O)(C1CC1)n1cc(-c2nccc(Nc3cc(N4CCC(CCO)CC4)c(C#Cc4cnn(C(F)(F)F)c4)cn3)n2)cn1. The monoisotopic (exact) mass is 627 g/mol. The number of pyridine rings is 1. The summed E-state index contributed by atoms with van der Waals surface area (Å²) in [6, 6.07) is 3.44. The van der Waals surface area contributed by atoms with Crippen molar-refractivity contribution in [2.45, 2.75) is 43.7 Å². The van der Waals surface area contributed by atoms with Gasteiger partial charge in [0.25, 0.3) is 10.0 Å². The molecule has 12 nitrogen and oxygen atoms in total. The number of alkyl halides is 3. The fourth-order valence-electron chi connectivity index (χ4n) is 4.96. The summed E-state index contributed by atoms with van der Waals surface area (Å²) < 4.78 is 64.8. The van der Waals surface area contributed by atoms with Gasteiger partial charge in [-0.3, -0.25) is 0 Å². The molecule has 0 atom stereocenters. The Morgan fingerprint density at radius 3 is 2.50 bits per heavy atom. The van der Waals surface area contributed by atoms with Crippen molar-refractivity contribution in [3.05, 3.63) is 60.4 Å². The standard InChI is InChI=1S/C28H28F3N9O3S/c29-28(30,31)39-17-20(14-34-39)1-2-21-15-33-26(13-24(21)38-10-6-19(7-11-38)8-12-41)36-25-5-9-32-27(37-25)22-16-35-40(18-22)44(42,43)23-3-4-23/h5,9,13-19,23,41H,3-4,6-8,10-12H2,(H,32,33,36,37). The number of hydrogen-bond acceptors (Lipinski definition) is 10. The fourth-order valence-corrected chi connectivity index (χ4v) is 6.43. The predicted octanol–water partition coefficient (Wildman–Crippen LogP) is 3.49. The summed E-state index contributed by atoms with van der Waals surface area (Å²) in [4.78, 5) is 15.4.